The number of hydrogen-bond acceptors (Lipinski definition) is 5. The summed E-state index contributed by atoms with van der Waals surface area (Å²) in [4.78, 5) is 12.3. The minimum absolute atomic E-state index is 0.00500. The summed E-state index contributed by atoms with van der Waals surface area (Å²) in [5, 5.41) is 13.5. The Balaban J connectivity index is 1.46. The van der Waals surface area contributed by atoms with Crippen LogP contribution in [0.5, 0.6) is 0 Å². The zero-order valence-electron chi connectivity index (χ0n) is 18.8. The Morgan fingerprint density at radius 1 is 1.03 bits per heavy atom. The fourth-order valence-corrected chi connectivity index (χ4v) is 4.05. The number of alkyl halides is 3. The van der Waals surface area contributed by atoms with E-state index in [2.05, 4.69) is 20.7 Å². The number of aromatic nitrogens is 3. The third-order valence-corrected chi connectivity index (χ3v) is 6.18. The second-order valence-electron chi connectivity index (χ2n) is 7.69. The molecule has 4 aromatic rings. The van der Waals surface area contributed by atoms with E-state index >= 15 is 0 Å². The lowest BCUT2D eigenvalue weighted by molar-refractivity contribution is -0.137. The Labute approximate surface area is 214 Å². The molecule has 6 nitrogen and oxygen atoms in total. The van der Waals surface area contributed by atoms with Crippen molar-refractivity contribution in [2.45, 2.75) is 18.3 Å². The number of rotatable bonds is 7. The van der Waals surface area contributed by atoms with Crippen LogP contribution in [-0.4, -0.2) is 32.6 Å². The fourth-order valence-electron chi connectivity index (χ4n) is 3.18. The topological polar surface area (TPSA) is 72.2 Å². The molecule has 0 fully saturated rings. The molecule has 0 spiro atoms. The van der Waals surface area contributed by atoms with Crippen molar-refractivity contribution in [3.8, 4) is 17.1 Å². The van der Waals surface area contributed by atoms with Crippen LogP contribution in [0.4, 0.5) is 13.2 Å². The summed E-state index contributed by atoms with van der Waals surface area (Å²) in [5.74, 6) is 0.183. The van der Waals surface area contributed by atoms with Crippen molar-refractivity contribution >= 4 is 35.5 Å². The monoisotopic (exact) mass is 529 g/mol. The maximum Gasteiger partial charge on any atom is 0.416 e. The van der Waals surface area contributed by atoms with E-state index in [-0.39, 0.29) is 5.75 Å². The van der Waals surface area contributed by atoms with Crippen molar-refractivity contribution in [3.63, 3.8) is 0 Å². The summed E-state index contributed by atoms with van der Waals surface area (Å²) in [6.07, 6.45) is -3.14. The number of carbonyl (C=O) groups excluding carboxylic acids is 1. The lowest BCUT2D eigenvalue weighted by Gasteiger charge is -2.10. The molecule has 11 heteroatoms. The van der Waals surface area contributed by atoms with Gasteiger partial charge < -0.3 is 0 Å². The van der Waals surface area contributed by atoms with Gasteiger partial charge in [-0.2, -0.15) is 18.3 Å². The van der Waals surface area contributed by atoms with E-state index in [1.807, 2.05) is 47.9 Å². The zero-order chi connectivity index (χ0) is 25.7. The van der Waals surface area contributed by atoms with Crippen molar-refractivity contribution in [3.05, 3.63) is 94.5 Å². The number of halogens is 4. The maximum absolute atomic E-state index is 12.7. The molecular weight excluding hydrogens is 511 g/mol. The van der Waals surface area contributed by atoms with Crippen LogP contribution in [0.25, 0.3) is 17.1 Å². The van der Waals surface area contributed by atoms with E-state index in [1.54, 1.807) is 12.1 Å². The number of benzene rings is 3. The van der Waals surface area contributed by atoms with E-state index in [0.29, 0.717) is 21.6 Å². The van der Waals surface area contributed by atoms with Crippen LogP contribution in [0.2, 0.25) is 5.02 Å². The summed E-state index contributed by atoms with van der Waals surface area (Å²) >= 11 is 7.20. The standard InChI is InChI=1S/C25H19ClF3N5OS/c1-16-2-12-21(13-3-16)34-23(18-6-10-20(26)11-7-18)32-33-24(34)36-15-22(35)31-30-14-17-4-8-19(9-5-17)25(27,28)29/h2-14H,15H2,1H3,(H,31,35)/b30-14+. The number of hydrogen-bond donors (Lipinski definition) is 1. The normalized spacial score (nSPS) is 11.7. The van der Waals surface area contributed by atoms with Gasteiger partial charge in [0.05, 0.1) is 17.5 Å². The number of thioether (sulfide) groups is 1. The second kappa shape index (κ2) is 11.0. The molecule has 0 bridgehead atoms. The molecule has 1 amide bonds. The van der Waals surface area contributed by atoms with Gasteiger partial charge in [-0.05, 0) is 61.0 Å². The van der Waals surface area contributed by atoms with Crippen LogP contribution in [-0.2, 0) is 11.0 Å². The number of carbonyl (C=O) groups is 1. The van der Waals surface area contributed by atoms with E-state index in [0.717, 1.165) is 28.9 Å². The molecule has 0 saturated heterocycles. The van der Waals surface area contributed by atoms with E-state index in [1.165, 1.54) is 30.1 Å². The van der Waals surface area contributed by atoms with Gasteiger partial charge in [0.2, 0.25) is 0 Å². The zero-order valence-corrected chi connectivity index (χ0v) is 20.4. The molecule has 1 N–H and O–H groups in total. The van der Waals surface area contributed by atoms with Crippen LogP contribution in [0.1, 0.15) is 16.7 Å². The second-order valence-corrected chi connectivity index (χ2v) is 9.06. The summed E-state index contributed by atoms with van der Waals surface area (Å²) in [7, 11) is 0. The Morgan fingerprint density at radius 2 is 1.69 bits per heavy atom. The number of nitrogens with one attached hydrogen (secondary N) is 1. The molecule has 1 heterocycles. The molecule has 0 aliphatic heterocycles. The predicted octanol–water partition coefficient (Wildman–Crippen LogP) is 6.16. The van der Waals surface area contributed by atoms with Gasteiger partial charge in [-0.1, -0.05) is 53.2 Å². The van der Waals surface area contributed by atoms with Gasteiger partial charge in [0.1, 0.15) is 0 Å². The molecule has 0 unspecified atom stereocenters. The highest BCUT2D eigenvalue weighted by Gasteiger charge is 2.29. The number of amides is 1. The predicted molar refractivity (Wildman–Crippen MR) is 134 cm³/mol. The van der Waals surface area contributed by atoms with Gasteiger partial charge in [-0.3, -0.25) is 9.36 Å². The van der Waals surface area contributed by atoms with Gasteiger partial charge in [-0.25, -0.2) is 5.43 Å². The van der Waals surface area contributed by atoms with E-state index in [4.69, 9.17) is 11.6 Å². The molecule has 0 saturated carbocycles. The largest absolute Gasteiger partial charge is 0.416 e. The first-order chi connectivity index (χ1) is 17.2. The van der Waals surface area contributed by atoms with Crippen molar-refractivity contribution in [1.29, 1.82) is 0 Å². The molecule has 36 heavy (non-hydrogen) atoms. The molecule has 1 aromatic heterocycles. The number of nitrogens with zero attached hydrogens (tertiary/aromatic N) is 4. The van der Waals surface area contributed by atoms with Crippen LogP contribution >= 0.6 is 23.4 Å². The molecule has 0 aliphatic carbocycles. The molecule has 0 radical (unpaired) electrons. The average molecular weight is 530 g/mol. The highest BCUT2D eigenvalue weighted by Crippen LogP contribution is 2.30. The SMILES string of the molecule is Cc1ccc(-n2c(SCC(=O)N/N=C/c3ccc(C(F)(F)F)cc3)nnc2-c2ccc(Cl)cc2)cc1. The highest BCUT2D eigenvalue weighted by molar-refractivity contribution is 7.99. The Kier molecular flexibility index (Phi) is 7.76. The Morgan fingerprint density at radius 3 is 2.33 bits per heavy atom. The van der Waals surface area contributed by atoms with Gasteiger partial charge in [0.15, 0.2) is 11.0 Å². The highest BCUT2D eigenvalue weighted by atomic mass is 35.5. The Bertz CT molecular complexity index is 1370. The minimum Gasteiger partial charge on any atom is -0.272 e. The minimum atomic E-state index is -4.41. The molecule has 184 valence electrons. The summed E-state index contributed by atoms with van der Waals surface area (Å²) in [6.45, 7) is 1.99. The molecule has 4 rings (SSSR count). The van der Waals surface area contributed by atoms with Crippen LogP contribution in [0.3, 0.4) is 0 Å². The summed E-state index contributed by atoms with van der Waals surface area (Å²) < 4.78 is 39.8. The van der Waals surface area contributed by atoms with Gasteiger partial charge in [0.25, 0.3) is 5.91 Å². The van der Waals surface area contributed by atoms with Crippen molar-refractivity contribution in [1.82, 2.24) is 20.2 Å². The third kappa shape index (κ3) is 6.32. The van der Waals surface area contributed by atoms with Gasteiger partial charge in [-0.15, -0.1) is 10.2 Å². The Hall–Kier alpha value is -3.63. The average Bonchev–Trinajstić information content (AvgIpc) is 3.27. The summed E-state index contributed by atoms with van der Waals surface area (Å²) in [6, 6.07) is 19.5. The number of hydrazone groups is 1. The first-order valence-electron chi connectivity index (χ1n) is 10.6. The lowest BCUT2D eigenvalue weighted by Crippen LogP contribution is -2.20. The van der Waals surface area contributed by atoms with Crippen LogP contribution in [0, 0.1) is 6.92 Å². The smallest absolute Gasteiger partial charge is 0.272 e. The van der Waals surface area contributed by atoms with E-state index < -0.39 is 17.6 Å². The molecule has 0 atom stereocenters. The van der Waals surface area contributed by atoms with Gasteiger partial charge in [0, 0.05) is 16.3 Å². The fraction of sp³-hybridized carbons (Fsp3) is 0.120. The van der Waals surface area contributed by atoms with Gasteiger partial charge >= 0.3 is 6.18 Å². The number of aryl methyl sites for hydroxylation is 1. The molecule has 3 aromatic carbocycles. The molecular formula is C25H19ClF3N5OS. The van der Waals surface area contributed by atoms with Crippen molar-refractivity contribution in [2.75, 3.05) is 5.75 Å². The van der Waals surface area contributed by atoms with Crippen molar-refractivity contribution < 1.29 is 18.0 Å². The van der Waals surface area contributed by atoms with Crippen LogP contribution in [0.15, 0.2) is 83.1 Å². The quantitative estimate of drug-likeness (QED) is 0.177. The van der Waals surface area contributed by atoms with E-state index in [9.17, 15) is 18.0 Å². The first kappa shape index (κ1) is 25.5. The van der Waals surface area contributed by atoms with Crippen LogP contribution < -0.4 is 5.43 Å². The molecule has 0 aliphatic rings. The maximum atomic E-state index is 12.7. The van der Waals surface area contributed by atoms with Crippen molar-refractivity contribution in [2.24, 2.45) is 5.10 Å². The summed E-state index contributed by atoms with van der Waals surface area (Å²) in [5.41, 5.74) is 4.78. The first-order valence-corrected chi connectivity index (χ1v) is 12.0. The third-order valence-electron chi connectivity index (χ3n) is 5.00. The lowest BCUT2D eigenvalue weighted by atomic mass is 10.1.